The van der Waals surface area contributed by atoms with Crippen LogP contribution in [-0.4, -0.2) is 22.6 Å². The van der Waals surface area contributed by atoms with E-state index in [0.29, 0.717) is 30.0 Å². The molecule has 4 aromatic rings. The zero-order valence-corrected chi connectivity index (χ0v) is 18.4. The van der Waals surface area contributed by atoms with Crippen molar-refractivity contribution in [3.05, 3.63) is 119 Å². The number of aromatic nitrogens is 1. The van der Waals surface area contributed by atoms with Crippen molar-refractivity contribution in [1.82, 2.24) is 10.3 Å². The second-order valence-corrected chi connectivity index (χ2v) is 8.21. The molecule has 0 aliphatic carbocycles. The van der Waals surface area contributed by atoms with E-state index in [9.17, 15) is 14.3 Å². The largest absolute Gasteiger partial charge is 0.491 e. The van der Waals surface area contributed by atoms with Crippen LogP contribution in [0.5, 0.6) is 5.75 Å². The molecule has 3 aromatic carbocycles. The third kappa shape index (κ3) is 3.93. The number of ether oxygens (including phenoxy) is 1. The smallest absolute Gasteiger partial charge is 0.252 e. The van der Waals surface area contributed by atoms with Gasteiger partial charge in [0.2, 0.25) is 0 Å². The van der Waals surface area contributed by atoms with Gasteiger partial charge in [-0.3, -0.25) is 9.78 Å². The number of benzene rings is 3. The highest BCUT2D eigenvalue weighted by atomic mass is 19.1. The SMILES string of the molecule is O=C(NC1(c2ccc(-c3ccccc3CO)cc2)CCOc2cccnc21)c1ccc(F)cc1. The van der Waals surface area contributed by atoms with Crippen LogP contribution in [0.4, 0.5) is 4.39 Å². The Balaban J connectivity index is 1.58. The van der Waals surface area contributed by atoms with Crippen LogP contribution in [-0.2, 0) is 12.1 Å². The molecule has 0 spiro atoms. The molecule has 0 fully saturated rings. The van der Waals surface area contributed by atoms with Gasteiger partial charge in [-0.2, -0.15) is 0 Å². The number of nitrogens with zero attached hydrogens (tertiary/aromatic N) is 1. The summed E-state index contributed by atoms with van der Waals surface area (Å²) in [6, 6.07) is 24.7. The first kappa shape index (κ1) is 21.8. The van der Waals surface area contributed by atoms with E-state index in [1.54, 1.807) is 12.3 Å². The standard InChI is InChI=1S/C28H23FN2O3/c29-23-13-9-20(10-14-23)27(33)31-28(15-17-34-25-6-3-16-30-26(25)28)22-11-7-19(8-12-22)24-5-2-1-4-21(24)18-32/h1-14,16,32H,15,17-18H2,(H,31,33). The second-order valence-electron chi connectivity index (χ2n) is 8.21. The van der Waals surface area contributed by atoms with Crippen LogP contribution < -0.4 is 10.1 Å². The summed E-state index contributed by atoms with van der Waals surface area (Å²) in [7, 11) is 0. The Hall–Kier alpha value is -4.03. The van der Waals surface area contributed by atoms with Crippen molar-refractivity contribution in [3.8, 4) is 16.9 Å². The van der Waals surface area contributed by atoms with E-state index in [-0.39, 0.29) is 12.5 Å². The number of fused-ring (bicyclic) bond motifs is 1. The number of aliphatic hydroxyl groups excluding tert-OH is 1. The number of amides is 1. The second kappa shape index (κ2) is 9.08. The van der Waals surface area contributed by atoms with Crippen molar-refractivity contribution in [2.24, 2.45) is 0 Å². The predicted molar refractivity (Wildman–Crippen MR) is 127 cm³/mol. The average molecular weight is 455 g/mol. The summed E-state index contributed by atoms with van der Waals surface area (Å²) in [5, 5.41) is 12.9. The molecule has 5 rings (SSSR count). The van der Waals surface area contributed by atoms with Crippen molar-refractivity contribution < 1.29 is 19.0 Å². The molecule has 1 aromatic heterocycles. The summed E-state index contributed by atoms with van der Waals surface area (Å²) >= 11 is 0. The molecule has 1 aliphatic heterocycles. The zero-order chi connectivity index (χ0) is 23.5. The molecular formula is C28H23FN2O3. The molecule has 6 heteroatoms. The molecule has 34 heavy (non-hydrogen) atoms. The van der Waals surface area contributed by atoms with Crippen LogP contribution >= 0.6 is 0 Å². The van der Waals surface area contributed by atoms with Gasteiger partial charge in [-0.1, -0.05) is 48.5 Å². The molecule has 170 valence electrons. The molecular weight excluding hydrogens is 431 g/mol. The topological polar surface area (TPSA) is 71.5 Å². The van der Waals surface area contributed by atoms with Crippen LogP contribution in [0.1, 0.15) is 33.6 Å². The molecule has 1 unspecified atom stereocenters. The highest BCUT2D eigenvalue weighted by Gasteiger charge is 2.42. The van der Waals surface area contributed by atoms with E-state index < -0.39 is 11.4 Å². The number of halogens is 1. The van der Waals surface area contributed by atoms with Crippen molar-refractivity contribution in [2.75, 3.05) is 6.61 Å². The van der Waals surface area contributed by atoms with Crippen LogP contribution in [0.25, 0.3) is 11.1 Å². The fourth-order valence-electron chi connectivity index (χ4n) is 4.48. The Morgan fingerprint density at radius 2 is 1.76 bits per heavy atom. The molecule has 2 heterocycles. The highest BCUT2D eigenvalue weighted by Crippen LogP contribution is 2.41. The van der Waals surface area contributed by atoms with Gasteiger partial charge in [0.25, 0.3) is 5.91 Å². The Morgan fingerprint density at radius 1 is 1.00 bits per heavy atom. The molecule has 5 nitrogen and oxygen atoms in total. The van der Waals surface area contributed by atoms with E-state index in [2.05, 4.69) is 10.3 Å². The first-order valence-electron chi connectivity index (χ1n) is 11.1. The Morgan fingerprint density at radius 3 is 2.53 bits per heavy atom. The van der Waals surface area contributed by atoms with E-state index in [0.717, 1.165) is 22.3 Å². The number of hydrogen-bond donors (Lipinski definition) is 2. The lowest BCUT2D eigenvalue weighted by molar-refractivity contribution is 0.0883. The van der Waals surface area contributed by atoms with Crippen molar-refractivity contribution in [3.63, 3.8) is 0 Å². The lowest BCUT2D eigenvalue weighted by atomic mass is 9.80. The Bertz CT molecular complexity index is 1320. The van der Waals surface area contributed by atoms with Gasteiger partial charge in [0, 0.05) is 18.2 Å². The molecule has 1 atom stereocenters. The Labute approximate surface area is 196 Å². The molecule has 0 bridgehead atoms. The van der Waals surface area contributed by atoms with E-state index in [1.165, 1.54) is 24.3 Å². The first-order chi connectivity index (χ1) is 16.6. The molecule has 2 N–H and O–H groups in total. The summed E-state index contributed by atoms with van der Waals surface area (Å²) in [5.74, 6) is -0.112. The minimum absolute atomic E-state index is 0.0514. The molecule has 0 saturated carbocycles. The lowest BCUT2D eigenvalue weighted by Crippen LogP contribution is -2.50. The number of carbonyl (C=O) groups is 1. The van der Waals surface area contributed by atoms with Crippen molar-refractivity contribution in [2.45, 2.75) is 18.6 Å². The average Bonchev–Trinajstić information content (AvgIpc) is 2.89. The summed E-state index contributed by atoms with van der Waals surface area (Å²) in [6.45, 7) is 0.349. The molecule has 1 amide bonds. The quantitative estimate of drug-likeness (QED) is 0.453. The maximum atomic E-state index is 13.4. The van der Waals surface area contributed by atoms with Crippen LogP contribution in [0.3, 0.4) is 0 Å². The minimum atomic E-state index is -0.921. The fraction of sp³-hybridized carbons (Fsp3) is 0.143. The van der Waals surface area contributed by atoms with Gasteiger partial charge in [-0.15, -0.1) is 0 Å². The van der Waals surface area contributed by atoms with E-state index in [4.69, 9.17) is 4.74 Å². The van der Waals surface area contributed by atoms with Gasteiger partial charge in [0.05, 0.1) is 13.2 Å². The van der Waals surface area contributed by atoms with Crippen molar-refractivity contribution in [1.29, 1.82) is 0 Å². The lowest BCUT2D eigenvalue weighted by Gasteiger charge is -2.39. The van der Waals surface area contributed by atoms with Gasteiger partial charge < -0.3 is 15.2 Å². The number of nitrogens with one attached hydrogen (secondary N) is 1. The normalized spacial score (nSPS) is 16.9. The van der Waals surface area contributed by atoms with Gasteiger partial charge in [-0.05, 0) is 58.7 Å². The van der Waals surface area contributed by atoms with Gasteiger partial charge in [0.15, 0.2) is 0 Å². The molecule has 0 radical (unpaired) electrons. The van der Waals surface area contributed by atoms with E-state index >= 15 is 0 Å². The highest BCUT2D eigenvalue weighted by molar-refractivity contribution is 5.95. The third-order valence-corrected chi connectivity index (χ3v) is 6.22. The summed E-state index contributed by atoms with van der Waals surface area (Å²) < 4.78 is 19.2. The van der Waals surface area contributed by atoms with Gasteiger partial charge in [-0.25, -0.2) is 4.39 Å². The first-order valence-corrected chi connectivity index (χ1v) is 11.1. The van der Waals surface area contributed by atoms with Crippen LogP contribution in [0.15, 0.2) is 91.1 Å². The number of pyridine rings is 1. The van der Waals surface area contributed by atoms with Gasteiger partial charge >= 0.3 is 0 Å². The summed E-state index contributed by atoms with van der Waals surface area (Å²) in [4.78, 5) is 17.8. The fourth-order valence-corrected chi connectivity index (χ4v) is 4.48. The number of hydrogen-bond acceptors (Lipinski definition) is 4. The zero-order valence-electron chi connectivity index (χ0n) is 18.4. The van der Waals surface area contributed by atoms with Gasteiger partial charge in [0.1, 0.15) is 22.8 Å². The molecule has 1 aliphatic rings. The minimum Gasteiger partial charge on any atom is -0.491 e. The monoisotopic (exact) mass is 454 g/mol. The van der Waals surface area contributed by atoms with Crippen LogP contribution in [0, 0.1) is 5.82 Å². The van der Waals surface area contributed by atoms with E-state index in [1.807, 2.05) is 54.6 Å². The Kier molecular flexibility index (Phi) is 5.82. The predicted octanol–water partition coefficient (Wildman–Crippen LogP) is 4.84. The number of rotatable bonds is 5. The maximum Gasteiger partial charge on any atom is 0.252 e. The molecule has 0 saturated heterocycles. The van der Waals surface area contributed by atoms with Crippen molar-refractivity contribution >= 4 is 5.91 Å². The third-order valence-electron chi connectivity index (χ3n) is 6.22. The summed E-state index contributed by atoms with van der Waals surface area (Å²) in [6.07, 6.45) is 2.16. The summed E-state index contributed by atoms with van der Waals surface area (Å²) in [5.41, 5.74) is 3.67. The maximum absolute atomic E-state index is 13.4. The number of aliphatic hydroxyl groups is 1. The number of carbonyl (C=O) groups excluding carboxylic acids is 1. The van der Waals surface area contributed by atoms with Crippen LogP contribution in [0.2, 0.25) is 0 Å².